The third kappa shape index (κ3) is 7.51. The van der Waals surface area contributed by atoms with Gasteiger partial charge in [0.2, 0.25) is 11.8 Å². The highest BCUT2D eigenvalue weighted by Crippen LogP contribution is 2.31. The third-order valence-corrected chi connectivity index (χ3v) is 10.6. The van der Waals surface area contributed by atoms with E-state index in [1.807, 2.05) is 54.6 Å². The van der Waals surface area contributed by atoms with Gasteiger partial charge in [0.05, 0.1) is 24.2 Å². The molecule has 3 aromatic heterocycles. The van der Waals surface area contributed by atoms with Crippen LogP contribution in [0.3, 0.4) is 0 Å². The van der Waals surface area contributed by atoms with Gasteiger partial charge in [0.25, 0.3) is 0 Å². The minimum Gasteiger partial charge on any atom is -0.494 e. The number of aromatic nitrogens is 5. The van der Waals surface area contributed by atoms with Crippen molar-refractivity contribution in [3.05, 3.63) is 151 Å². The maximum Gasteiger partial charge on any atom is 0.248 e. The van der Waals surface area contributed by atoms with E-state index < -0.39 is 0 Å². The number of nitrogens with zero attached hydrogens (tertiary/aromatic N) is 5. The highest BCUT2D eigenvalue weighted by Gasteiger charge is 2.17. The summed E-state index contributed by atoms with van der Waals surface area (Å²) in [6, 6.07) is 50.0. The first-order valence-corrected chi connectivity index (χ1v) is 19.7. The van der Waals surface area contributed by atoms with Crippen LogP contribution in [0.1, 0.15) is 39.2 Å². The van der Waals surface area contributed by atoms with E-state index in [1.165, 1.54) is 27.4 Å². The molecule has 0 aliphatic heterocycles. The van der Waals surface area contributed by atoms with Gasteiger partial charge in [-0.2, -0.15) is 0 Å². The van der Waals surface area contributed by atoms with E-state index >= 15 is 0 Å². The quantitative estimate of drug-likeness (QED) is 0.109. The molecule has 0 fully saturated rings. The van der Waals surface area contributed by atoms with E-state index in [9.17, 15) is 0 Å². The second kappa shape index (κ2) is 15.5. The lowest BCUT2D eigenvalue weighted by Gasteiger charge is -2.18. The van der Waals surface area contributed by atoms with Crippen LogP contribution >= 0.6 is 0 Å². The van der Waals surface area contributed by atoms with Crippen molar-refractivity contribution in [2.75, 3.05) is 13.2 Å². The number of hydrogen-bond donors (Lipinski definition) is 0. The minimum absolute atomic E-state index is 0.0840. The smallest absolute Gasteiger partial charge is 0.248 e. The normalized spacial score (nSPS) is 11.8. The number of ether oxygens (including phenoxy) is 2. The van der Waals surface area contributed by atoms with Gasteiger partial charge in [-0.25, -0.2) is 4.98 Å². The van der Waals surface area contributed by atoms with Crippen LogP contribution in [-0.4, -0.2) is 37.5 Å². The number of rotatable bonds is 13. The number of para-hydroxylation sites is 4. The summed E-state index contributed by atoms with van der Waals surface area (Å²) in [7, 11) is 0. The molecule has 0 bridgehead atoms. The number of aryl methyl sites for hydroxylation is 2. The van der Waals surface area contributed by atoms with Crippen LogP contribution in [0.5, 0.6) is 11.5 Å². The standard InChI is InChI=1S/C49H45N5O3/c1-49(2,3)37-24-18-35(19-25-37)47-51-52-48(57-47)36-22-28-39(29-23-36)56-33-11-31-54-45-17-9-6-14-42(45)50-46(54)34-20-26-38(27-21-34)55-32-10-30-53-43-15-7-4-12-40(43)41-13-5-8-16-44(41)53/h4-9,12-29H,10-11,30-33H2,1-3H3. The van der Waals surface area contributed by atoms with Gasteiger partial charge < -0.3 is 23.0 Å². The Bertz CT molecular complexity index is 2720. The summed E-state index contributed by atoms with van der Waals surface area (Å²) >= 11 is 0. The molecule has 6 aromatic carbocycles. The van der Waals surface area contributed by atoms with Crippen molar-refractivity contribution in [3.63, 3.8) is 0 Å². The second-order valence-electron chi connectivity index (χ2n) is 15.5. The van der Waals surface area contributed by atoms with Crippen molar-refractivity contribution in [2.45, 2.75) is 52.1 Å². The number of hydrogen-bond acceptors (Lipinski definition) is 6. The predicted molar refractivity (Wildman–Crippen MR) is 229 cm³/mol. The fourth-order valence-electron chi connectivity index (χ4n) is 7.56. The molecule has 9 aromatic rings. The van der Waals surface area contributed by atoms with Gasteiger partial charge in [-0.15, -0.1) is 10.2 Å². The Balaban J connectivity index is 0.803. The summed E-state index contributed by atoms with van der Waals surface area (Å²) in [4.78, 5) is 5.03. The van der Waals surface area contributed by atoms with Crippen LogP contribution in [0.15, 0.2) is 150 Å². The van der Waals surface area contributed by atoms with Gasteiger partial charge in [-0.05, 0) is 109 Å². The Hall–Kier alpha value is -6.67. The summed E-state index contributed by atoms with van der Waals surface area (Å²) < 4.78 is 23.1. The Kier molecular flexibility index (Phi) is 9.76. The zero-order valence-electron chi connectivity index (χ0n) is 32.6. The van der Waals surface area contributed by atoms with Crippen molar-refractivity contribution < 1.29 is 13.9 Å². The molecule has 0 spiro atoms. The van der Waals surface area contributed by atoms with Crippen molar-refractivity contribution in [1.29, 1.82) is 0 Å². The zero-order valence-corrected chi connectivity index (χ0v) is 32.6. The summed E-state index contributed by atoms with van der Waals surface area (Å²) in [5, 5.41) is 11.2. The summed E-state index contributed by atoms with van der Waals surface area (Å²) in [5.74, 6) is 3.56. The zero-order chi connectivity index (χ0) is 38.8. The number of imidazole rings is 1. The summed E-state index contributed by atoms with van der Waals surface area (Å²) in [6.07, 6.45) is 1.71. The molecule has 3 heterocycles. The maximum atomic E-state index is 6.23. The van der Waals surface area contributed by atoms with Gasteiger partial charge in [0.15, 0.2) is 0 Å². The third-order valence-electron chi connectivity index (χ3n) is 10.6. The highest BCUT2D eigenvalue weighted by atomic mass is 16.5. The van der Waals surface area contributed by atoms with E-state index in [4.69, 9.17) is 18.9 Å². The fraction of sp³-hybridized carbons (Fsp3) is 0.204. The first-order chi connectivity index (χ1) is 27.9. The largest absolute Gasteiger partial charge is 0.494 e. The van der Waals surface area contributed by atoms with Crippen molar-refractivity contribution in [2.24, 2.45) is 0 Å². The van der Waals surface area contributed by atoms with Crippen LogP contribution < -0.4 is 9.47 Å². The molecule has 0 aliphatic carbocycles. The molecular formula is C49H45N5O3. The maximum absolute atomic E-state index is 6.23. The molecule has 9 rings (SSSR count). The number of fused-ring (bicyclic) bond motifs is 4. The van der Waals surface area contributed by atoms with Crippen molar-refractivity contribution in [1.82, 2.24) is 24.3 Å². The molecule has 0 unspecified atom stereocenters. The Labute approximate surface area is 332 Å². The summed E-state index contributed by atoms with van der Waals surface area (Å²) in [6.45, 7) is 9.44. The fourth-order valence-corrected chi connectivity index (χ4v) is 7.56. The lowest BCUT2D eigenvalue weighted by atomic mass is 9.87. The lowest BCUT2D eigenvalue weighted by molar-refractivity contribution is 0.303. The Morgan fingerprint density at radius 3 is 1.54 bits per heavy atom. The minimum atomic E-state index is 0.0840. The van der Waals surface area contributed by atoms with Crippen LogP contribution in [0.2, 0.25) is 0 Å². The average Bonchev–Trinajstić information content (AvgIpc) is 3.97. The molecular weight excluding hydrogens is 707 g/mol. The molecule has 284 valence electrons. The number of benzene rings is 6. The lowest BCUT2D eigenvalue weighted by Crippen LogP contribution is -2.10. The van der Waals surface area contributed by atoms with Gasteiger partial charge in [-0.3, -0.25) is 0 Å². The second-order valence-corrected chi connectivity index (χ2v) is 15.5. The van der Waals surface area contributed by atoms with Gasteiger partial charge >= 0.3 is 0 Å². The molecule has 0 saturated heterocycles. The monoisotopic (exact) mass is 751 g/mol. The summed E-state index contributed by atoms with van der Waals surface area (Å²) in [5.41, 5.74) is 8.74. The molecule has 8 heteroatoms. The van der Waals surface area contributed by atoms with E-state index in [-0.39, 0.29) is 5.41 Å². The van der Waals surface area contributed by atoms with E-state index in [0.29, 0.717) is 25.0 Å². The Morgan fingerprint density at radius 1 is 0.509 bits per heavy atom. The molecule has 57 heavy (non-hydrogen) atoms. The predicted octanol–water partition coefficient (Wildman–Crippen LogP) is 11.8. The van der Waals surface area contributed by atoms with Gasteiger partial charge in [0.1, 0.15) is 17.3 Å². The van der Waals surface area contributed by atoms with Crippen molar-refractivity contribution >= 4 is 32.8 Å². The van der Waals surface area contributed by atoms with E-state index in [2.05, 4.69) is 131 Å². The molecule has 0 N–H and O–H groups in total. The topological polar surface area (TPSA) is 80.1 Å². The SMILES string of the molecule is CC(C)(C)c1ccc(-c2nnc(-c3ccc(OCCCn4c(-c5ccc(OCCCn6c7ccccc7c7ccccc76)cc5)nc5ccccc54)cc3)o2)cc1. The average molecular weight is 752 g/mol. The van der Waals surface area contributed by atoms with Gasteiger partial charge in [-0.1, -0.05) is 81.4 Å². The van der Waals surface area contributed by atoms with Crippen LogP contribution in [0, 0.1) is 0 Å². The van der Waals surface area contributed by atoms with Crippen LogP contribution in [-0.2, 0) is 18.5 Å². The molecule has 0 aliphatic rings. The molecule has 0 atom stereocenters. The van der Waals surface area contributed by atoms with Crippen LogP contribution in [0.25, 0.3) is 67.1 Å². The van der Waals surface area contributed by atoms with E-state index in [1.54, 1.807) is 0 Å². The highest BCUT2D eigenvalue weighted by molar-refractivity contribution is 6.07. The molecule has 0 radical (unpaired) electrons. The van der Waals surface area contributed by atoms with Crippen LogP contribution in [0.4, 0.5) is 0 Å². The first-order valence-electron chi connectivity index (χ1n) is 19.7. The van der Waals surface area contributed by atoms with Crippen molar-refractivity contribution in [3.8, 4) is 45.8 Å². The molecule has 0 amide bonds. The first kappa shape index (κ1) is 36.0. The van der Waals surface area contributed by atoms with Gasteiger partial charge in [0, 0.05) is 51.6 Å². The molecule has 8 nitrogen and oxygen atoms in total. The molecule has 0 saturated carbocycles. The Morgan fingerprint density at radius 2 is 0.982 bits per heavy atom. The van der Waals surface area contributed by atoms with E-state index in [0.717, 1.165) is 71.0 Å².